The van der Waals surface area contributed by atoms with E-state index in [9.17, 15) is 4.79 Å². The SMILES string of the molecule is COc1cc(OC)cc(-c2cccc(NC(=O)[C@@H]3C[C@H]3C)n2)c1. The molecule has 1 heterocycles. The minimum Gasteiger partial charge on any atom is -0.497 e. The average Bonchev–Trinajstić information content (AvgIpc) is 3.31. The highest BCUT2D eigenvalue weighted by molar-refractivity contribution is 5.93. The second-order valence-electron chi connectivity index (χ2n) is 5.82. The third kappa shape index (κ3) is 3.44. The zero-order valence-electron chi connectivity index (χ0n) is 13.5. The molecule has 0 saturated heterocycles. The molecule has 0 spiro atoms. The molecule has 1 saturated carbocycles. The van der Waals surface area contributed by atoms with E-state index in [0.29, 0.717) is 23.2 Å². The van der Waals surface area contributed by atoms with Crippen LogP contribution in [0, 0.1) is 11.8 Å². The van der Waals surface area contributed by atoms with E-state index >= 15 is 0 Å². The zero-order chi connectivity index (χ0) is 16.4. The van der Waals surface area contributed by atoms with Crippen LogP contribution in [0.2, 0.25) is 0 Å². The van der Waals surface area contributed by atoms with E-state index in [1.807, 2.05) is 30.3 Å². The van der Waals surface area contributed by atoms with Crippen molar-refractivity contribution in [3.8, 4) is 22.8 Å². The van der Waals surface area contributed by atoms with Gasteiger partial charge in [0, 0.05) is 17.5 Å². The van der Waals surface area contributed by atoms with Crippen LogP contribution >= 0.6 is 0 Å². The smallest absolute Gasteiger partial charge is 0.228 e. The summed E-state index contributed by atoms with van der Waals surface area (Å²) < 4.78 is 10.6. The van der Waals surface area contributed by atoms with Crippen molar-refractivity contribution in [1.29, 1.82) is 0 Å². The van der Waals surface area contributed by atoms with E-state index in [0.717, 1.165) is 17.7 Å². The maximum Gasteiger partial charge on any atom is 0.228 e. The predicted octanol–water partition coefficient (Wildman–Crippen LogP) is 3.36. The molecule has 5 heteroatoms. The Bertz CT molecular complexity index is 708. The topological polar surface area (TPSA) is 60.5 Å². The first-order chi connectivity index (χ1) is 11.1. The van der Waals surface area contributed by atoms with Crippen LogP contribution in [-0.2, 0) is 4.79 Å². The van der Waals surface area contributed by atoms with Gasteiger partial charge in [0.2, 0.25) is 5.91 Å². The maximum absolute atomic E-state index is 12.0. The molecular weight excluding hydrogens is 292 g/mol. The van der Waals surface area contributed by atoms with Crippen molar-refractivity contribution in [2.45, 2.75) is 13.3 Å². The summed E-state index contributed by atoms with van der Waals surface area (Å²) >= 11 is 0. The maximum atomic E-state index is 12.0. The van der Waals surface area contributed by atoms with Crippen molar-refractivity contribution in [2.24, 2.45) is 11.8 Å². The summed E-state index contributed by atoms with van der Waals surface area (Å²) in [5, 5.41) is 2.89. The Morgan fingerprint density at radius 1 is 1.17 bits per heavy atom. The standard InChI is InChI=1S/C18H20N2O3/c1-11-7-15(11)18(21)20-17-6-4-5-16(19-17)12-8-13(22-2)10-14(9-12)23-3/h4-6,8-11,15H,7H2,1-3H3,(H,19,20,21)/t11-,15-/m1/s1. The van der Waals surface area contributed by atoms with Crippen LogP contribution in [0.1, 0.15) is 13.3 Å². The molecule has 1 amide bonds. The Balaban J connectivity index is 1.85. The molecule has 120 valence electrons. The molecule has 2 aromatic rings. The lowest BCUT2D eigenvalue weighted by molar-refractivity contribution is -0.117. The summed E-state index contributed by atoms with van der Waals surface area (Å²) in [6, 6.07) is 11.2. The lowest BCUT2D eigenvalue weighted by Gasteiger charge is -2.10. The largest absolute Gasteiger partial charge is 0.497 e. The van der Waals surface area contributed by atoms with Crippen molar-refractivity contribution in [3.63, 3.8) is 0 Å². The molecule has 1 N–H and O–H groups in total. The summed E-state index contributed by atoms with van der Waals surface area (Å²) in [5.74, 6) is 2.60. The van der Waals surface area contributed by atoms with Gasteiger partial charge in [-0.1, -0.05) is 13.0 Å². The molecule has 0 unspecified atom stereocenters. The van der Waals surface area contributed by atoms with Crippen LogP contribution in [0.25, 0.3) is 11.3 Å². The minimum atomic E-state index is 0.0466. The summed E-state index contributed by atoms with van der Waals surface area (Å²) in [7, 11) is 3.22. The fourth-order valence-electron chi connectivity index (χ4n) is 2.53. The monoisotopic (exact) mass is 312 g/mol. The number of benzene rings is 1. The van der Waals surface area contributed by atoms with Gasteiger partial charge in [-0.05, 0) is 36.6 Å². The van der Waals surface area contributed by atoms with E-state index in [4.69, 9.17) is 9.47 Å². The van der Waals surface area contributed by atoms with Crippen molar-refractivity contribution < 1.29 is 14.3 Å². The Kier molecular flexibility index (Phi) is 4.19. The Hall–Kier alpha value is -2.56. The van der Waals surface area contributed by atoms with Gasteiger partial charge in [0.15, 0.2) is 0 Å². The number of aromatic nitrogens is 1. The van der Waals surface area contributed by atoms with Crippen LogP contribution in [0.5, 0.6) is 11.5 Å². The van der Waals surface area contributed by atoms with Gasteiger partial charge in [-0.25, -0.2) is 4.98 Å². The fraction of sp³-hybridized carbons (Fsp3) is 0.333. The molecule has 2 atom stereocenters. The predicted molar refractivity (Wildman–Crippen MR) is 88.7 cm³/mol. The van der Waals surface area contributed by atoms with Gasteiger partial charge < -0.3 is 14.8 Å². The Labute approximate surface area is 135 Å². The normalized spacial score (nSPS) is 19.1. The number of carbonyl (C=O) groups excluding carboxylic acids is 1. The van der Waals surface area contributed by atoms with Crippen LogP contribution in [0.4, 0.5) is 5.82 Å². The molecule has 1 aromatic heterocycles. The highest BCUT2D eigenvalue weighted by Gasteiger charge is 2.39. The van der Waals surface area contributed by atoms with Crippen LogP contribution in [0.3, 0.4) is 0 Å². The third-order valence-electron chi connectivity index (χ3n) is 4.09. The number of anilines is 1. The van der Waals surface area contributed by atoms with E-state index in [1.165, 1.54) is 0 Å². The van der Waals surface area contributed by atoms with Gasteiger partial charge in [-0.3, -0.25) is 4.79 Å². The van der Waals surface area contributed by atoms with Crippen LogP contribution in [0.15, 0.2) is 36.4 Å². The van der Waals surface area contributed by atoms with Gasteiger partial charge in [0.05, 0.1) is 19.9 Å². The average molecular weight is 312 g/mol. The molecule has 1 aliphatic rings. The number of rotatable bonds is 5. The number of carbonyl (C=O) groups is 1. The van der Waals surface area contributed by atoms with Crippen LogP contribution in [-0.4, -0.2) is 25.1 Å². The fourth-order valence-corrected chi connectivity index (χ4v) is 2.53. The van der Waals surface area contributed by atoms with E-state index < -0.39 is 0 Å². The first kappa shape index (κ1) is 15.3. The van der Waals surface area contributed by atoms with Gasteiger partial charge in [-0.2, -0.15) is 0 Å². The number of amides is 1. The number of methoxy groups -OCH3 is 2. The number of nitrogens with zero attached hydrogens (tertiary/aromatic N) is 1. The summed E-state index contributed by atoms with van der Waals surface area (Å²) in [6.45, 7) is 2.08. The molecule has 1 aliphatic carbocycles. The Morgan fingerprint density at radius 3 is 2.39 bits per heavy atom. The van der Waals surface area contributed by atoms with Crippen molar-refractivity contribution in [1.82, 2.24) is 4.98 Å². The van der Waals surface area contributed by atoms with Crippen molar-refractivity contribution >= 4 is 11.7 Å². The first-order valence-electron chi connectivity index (χ1n) is 7.62. The molecule has 5 nitrogen and oxygen atoms in total. The zero-order valence-corrected chi connectivity index (χ0v) is 13.5. The third-order valence-corrected chi connectivity index (χ3v) is 4.09. The highest BCUT2D eigenvalue weighted by Crippen LogP contribution is 2.38. The number of hydrogen-bond donors (Lipinski definition) is 1. The van der Waals surface area contributed by atoms with E-state index in [1.54, 1.807) is 20.3 Å². The second-order valence-corrected chi connectivity index (χ2v) is 5.82. The number of ether oxygens (including phenoxy) is 2. The number of nitrogens with one attached hydrogen (secondary N) is 1. The van der Waals surface area contributed by atoms with E-state index in [2.05, 4.69) is 17.2 Å². The second kappa shape index (κ2) is 6.28. The van der Waals surface area contributed by atoms with Gasteiger partial charge in [-0.15, -0.1) is 0 Å². The summed E-state index contributed by atoms with van der Waals surface area (Å²) in [5.41, 5.74) is 1.63. The molecule has 1 fully saturated rings. The minimum absolute atomic E-state index is 0.0466. The molecule has 23 heavy (non-hydrogen) atoms. The van der Waals surface area contributed by atoms with Gasteiger partial charge in [0.1, 0.15) is 17.3 Å². The lowest BCUT2D eigenvalue weighted by Crippen LogP contribution is -2.15. The molecule has 3 rings (SSSR count). The van der Waals surface area contributed by atoms with Crippen molar-refractivity contribution in [2.75, 3.05) is 19.5 Å². The lowest BCUT2D eigenvalue weighted by atomic mass is 10.1. The quantitative estimate of drug-likeness (QED) is 0.919. The Morgan fingerprint density at radius 2 is 1.83 bits per heavy atom. The number of hydrogen-bond acceptors (Lipinski definition) is 4. The highest BCUT2D eigenvalue weighted by atomic mass is 16.5. The molecular formula is C18H20N2O3. The van der Waals surface area contributed by atoms with E-state index in [-0.39, 0.29) is 11.8 Å². The van der Waals surface area contributed by atoms with Gasteiger partial charge in [0.25, 0.3) is 0 Å². The molecule has 0 radical (unpaired) electrons. The molecule has 0 aliphatic heterocycles. The summed E-state index contributed by atoms with van der Waals surface area (Å²) in [4.78, 5) is 16.6. The number of pyridine rings is 1. The molecule has 0 bridgehead atoms. The van der Waals surface area contributed by atoms with Gasteiger partial charge >= 0.3 is 0 Å². The van der Waals surface area contributed by atoms with Crippen LogP contribution < -0.4 is 14.8 Å². The first-order valence-corrected chi connectivity index (χ1v) is 7.62. The van der Waals surface area contributed by atoms with Crippen molar-refractivity contribution in [3.05, 3.63) is 36.4 Å². The summed E-state index contributed by atoms with van der Waals surface area (Å²) in [6.07, 6.45) is 0.957. The molecule has 1 aromatic carbocycles.